The van der Waals surface area contributed by atoms with Gasteiger partial charge in [0.15, 0.2) is 0 Å². The van der Waals surface area contributed by atoms with Gasteiger partial charge in [-0.25, -0.2) is 5.43 Å². The van der Waals surface area contributed by atoms with E-state index in [9.17, 15) is 4.79 Å². The number of amides is 1. The lowest BCUT2D eigenvalue weighted by Gasteiger charge is -2.34. The third-order valence-corrected chi connectivity index (χ3v) is 5.36. The summed E-state index contributed by atoms with van der Waals surface area (Å²) in [7, 11) is 0. The minimum absolute atomic E-state index is 0.128. The van der Waals surface area contributed by atoms with Gasteiger partial charge in [-0.05, 0) is 75.1 Å². The van der Waals surface area contributed by atoms with E-state index in [1.54, 1.807) is 0 Å². The van der Waals surface area contributed by atoms with Gasteiger partial charge in [-0.3, -0.25) is 4.79 Å². The second-order valence-electron chi connectivity index (χ2n) is 7.98. The molecule has 0 radical (unpaired) electrons. The minimum Gasteiger partial charge on any atom is -0.372 e. The van der Waals surface area contributed by atoms with Crippen molar-refractivity contribution in [1.82, 2.24) is 5.43 Å². The van der Waals surface area contributed by atoms with Gasteiger partial charge in [0.05, 0.1) is 0 Å². The summed E-state index contributed by atoms with van der Waals surface area (Å²) in [5, 5.41) is 4.37. The highest BCUT2D eigenvalue weighted by molar-refractivity contribution is 5.95. The van der Waals surface area contributed by atoms with Crippen molar-refractivity contribution in [3.63, 3.8) is 0 Å². The van der Waals surface area contributed by atoms with E-state index in [1.165, 1.54) is 0 Å². The molecule has 1 saturated carbocycles. The number of carbonyl (C=O) groups excluding carboxylic acids is 1. The summed E-state index contributed by atoms with van der Waals surface area (Å²) < 4.78 is 0. The van der Waals surface area contributed by atoms with Crippen molar-refractivity contribution < 1.29 is 4.79 Å². The van der Waals surface area contributed by atoms with Crippen LogP contribution in [0.4, 0.5) is 5.69 Å². The van der Waals surface area contributed by atoms with Crippen molar-refractivity contribution >= 4 is 17.3 Å². The predicted octanol–water partition coefficient (Wildman–Crippen LogP) is 4.85. The monoisotopic (exact) mass is 343 g/mol. The predicted molar refractivity (Wildman–Crippen MR) is 106 cm³/mol. The number of hydrogen-bond acceptors (Lipinski definition) is 3. The Kier molecular flexibility index (Phi) is 6.63. The standard InChI is InChI=1S/C21H33N3O/c1-6-24(7-2)19-14-8-16(9-15-19)20(25)23-22-18-12-10-17(11-13-18)21(3,4)5/h8-9,14-15,17H,6-7,10-13H2,1-5H3,(H,23,25). The topological polar surface area (TPSA) is 44.7 Å². The summed E-state index contributed by atoms with van der Waals surface area (Å²) in [6, 6.07) is 7.76. The number of rotatable bonds is 5. The van der Waals surface area contributed by atoms with Gasteiger partial charge < -0.3 is 4.90 Å². The zero-order chi connectivity index (χ0) is 18.4. The van der Waals surface area contributed by atoms with Crippen molar-refractivity contribution in [3.8, 4) is 0 Å². The maximum Gasteiger partial charge on any atom is 0.271 e. The molecular formula is C21H33N3O. The minimum atomic E-state index is -0.128. The summed E-state index contributed by atoms with van der Waals surface area (Å²) in [5.74, 6) is 0.617. The molecule has 0 atom stereocenters. The smallest absolute Gasteiger partial charge is 0.271 e. The SMILES string of the molecule is CCN(CC)c1ccc(C(=O)NN=C2CCC(C(C)(C)C)CC2)cc1. The van der Waals surface area contributed by atoms with E-state index in [0.717, 1.165) is 56.1 Å². The van der Waals surface area contributed by atoms with Crippen LogP contribution < -0.4 is 10.3 Å². The van der Waals surface area contributed by atoms with Crippen LogP contribution in [-0.4, -0.2) is 24.7 Å². The molecule has 0 heterocycles. The third-order valence-electron chi connectivity index (χ3n) is 5.36. The van der Waals surface area contributed by atoms with Crippen LogP contribution in [0.15, 0.2) is 29.4 Å². The van der Waals surface area contributed by atoms with Crippen LogP contribution in [-0.2, 0) is 0 Å². The summed E-state index contributed by atoms with van der Waals surface area (Å²) in [5.41, 5.74) is 6.02. The van der Waals surface area contributed by atoms with Crippen molar-refractivity contribution in [1.29, 1.82) is 0 Å². The molecule has 1 aliphatic rings. The fourth-order valence-corrected chi connectivity index (χ4v) is 3.54. The Balaban J connectivity index is 1.90. The normalized spacial score (nSPS) is 18.0. The Hall–Kier alpha value is -1.84. The van der Waals surface area contributed by atoms with E-state index in [1.807, 2.05) is 24.3 Å². The van der Waals surface area contributed by atoms with Gasteiger partial charge in [0, 0.05) is 30.1 Å². The highest BCUT2D eigenvalue weighted by Crippen LogP contribution is 2.36. The van der Waals surface area contributed by atoms with Crippen LogP contribution in [0.1, 0.15) is 70.7 Å². The second kappa shape index (κ2) is 8.50. The Bertz CT molecular complexity index is 585. The number of carbonyl (C=O) groups is 1. The van der Waals surface area contributed by atoms with Crippen LogP contribution >= 0.6 is 0 Å². The molecule has 25 heavy (non-hydrogen) atoms. The van der Waals surface area contributed by atoms with Crippen LogP contribution in [0, 0.1) is 11.3 Å². The summed E-state index contributed by atoms with van der Waals surface area (Å²) in [6.07, 6.45) is 4.31. The Morgan fingerprint density at radius 3 is 2.16 bits per heavy atom. The van der Waals surface area contributed by atoms with Gasteiger partial charge in [0.25, 0.3) is 5.91 Å². The first-order valence-electron chi connectivity index (χ1n) is 9.56. The summed E-state index contributed by atoms with van der Waals surface area (Å²) >= 11 is 0. The lowest BCUT2D eigenvalue weighted by Crippen LogP contribution is -2.27. The van der Waals surface area contributed by atoms with Gasteiger partial charge in [-0.15, -0.1) is 0 Å². The molecule has 0 aromatic heterocycles. The van der Waals surface area contributed by atoms with E-state index in [4.69, 9.17) is 0 Å². The first-order valence-corrected chi connectivity index (χ1v) is 9.56. The molecule has 4 nitrogen and oxygen atoms in total. The fraction of sp³-hybridized carbons (Fsp3) is 0.619. The number of hydrazone groups is 1. The molecule has 4 heteroatoms. The molecule has 1 aromatic carbocycles. The van der Waals surface area contributed by atoms with Crippen molar-refractivity contribution in [2.24, 2.45) is 16.4 Å². The summed E-state index contributed by atoms with van der Waals surface area (Å²) in [6.45, 7) is 13.1. The Morgan fingerprint density at radius 1 is 1.12 bits per heavy atom. The molecule has 0 unspecified atom stereocenters. The molecule has 1 amide bonds. The van der Waals surface area contributed by atoms with Gasteiger partial charge in [-0.2, -0.15) is 5.10 Å². The van der Waals surface area contributed by atoms with Crippen molar-refractivity contribution in [2.45, 2.75) is 60.3 Å². The molecular weight excluding hydrogens is 310 g/mol. The maximum atomic E-state index is 12.3. The van der Waals surface area contributed by atoms with Gasteiger partial charge in [0.2, 0.25) is 0 Å². The van der Waals surface area contributed by atoms with E-state index < -0.39 is 0 Å². The Morgan fingerprint density at radius 2 is 1.68 bits per heavy atom. The first-order chi connectivity index (χ1) is 11.8. The average Bonchev–Trinajstić information content (AvgIpc) is 2.61. The highest BCUT2D eigenvalue weighted by atomic mass is 16.2. The number of anilines is 1. The molecule has 0 bridgehead atoms. The molecule has 1 aliphatic carbocycles. The quantitative estimate of drug-likeness (QED) is 0.776. The molecule has 1 aromatic rings. The average molecular weight is 344 g/mol. The van der Waals surface area contributed by atoms with Crippen LogP contribution in [0.2, 0.25) is 0 Å². The molecule has 2 rings (SSSR count). The molecule has 0 spiro atoms. The maximum absolute atomic E-state index is 12.3. The van der Waals surface area contributed by atoms with E-state index in [0.29, 0.717) is 11.0 Å². The largest absolute Gasteiger partial charge is 0.372 e. The zero-order valence-electron chi connectivity index (χ0n) is 16.4. The fourth-order valence-electron chi connectivity index (χ4n) is 3.54. The first kappa shape index (κ1) is 19.5. The van der Waals surface area contributed by atoms with E-state index >= 15 is 0 Å². The van der Waals surface area contributed by atoms with Gasteiger partial charge >= 0.3 is 0 Å². The highest BCUT2D eigenvalue weighted by Gasteiger charge is 2.28. The second-order valence-corrected chi connectivity index (χ2v) is 7.98. The number of benzene rings is 1. The lowest BCUT2D eigenvalue weighted by molar-refractivity contribution is 0.0954. The van der Waals surface area contributed by atoms with Crippen LogP contribution in [0.3, 0.4) is 0 Å². The lowest BCUT2D eigenvalue weighted by atomic mass is 9.72. The van der Waals surface area contributed by atoms with Crippen LogP contribution in [0.25, 0.3) is 0 Å². The van der Waals surface area contributed by atoms with Crippen molar-refractivity contribution in [3.05, 3.63) is 29.8 Å². The number of hydrogen-bond donors (Lipinski definition) is 1. The number of nitrogens with one attached hydrogen (secondary N) is 1. The van der Waals surface area contributed by atoms with Gasteiger partial charge in [-0.1, -0.05) is 20.8 Å². The molecule has 1 N–H and O–H groups in total. The Labute approximate surface area is 152 Å². The van der Waals surface area contributed by atoms with E-state index in [-0.39, 0.29) is 5.91 Å². The van der Waals surface area contributed by atoms with Gasteiger partial charge in [0.1, 0.15) is 0 Å². The van der Waals surface area contributed by atoms with E-state index in [2.05, 4.69) is 50.0 Å². The zero-order valence-corrected chi connectivity index (χ0v) is 16.4. The number of nitrogens with zero attached hydrogens (tertiary/aromatic N) is 2. The molecule has 0 saturated heterocycles. The summed E-state index contributed by atoms with van der Waals surface area (Å²) in [4.78, 5) is 14.6. The van der Waals surface area contributed by atoms with Crippen molar-refractivity contribution in [2.75, 3.05) is 18.0 Å². The molecule has 0 aliphatic heterocycles. The third kappa shape index (κ3) is 5.32. The molecule has 138 valence electrons. The molecule has 1 fully saturated rings. The van der Waals surface area contributed by atoms with Crippen LogP contribution in [0.5, 0.6) is 0 Å².